The molecular formula is C14H9BrClFN2. The molecule has 2 aromatic carbocycles. The molecule has 0 bridgehead atoms. The van der Waals surface area contributed by atoms with Crippen LogP contribution in [0.3, 0.4) is 0 Å². The lowest BCUT2D eigenvalue weighted by molar-refractivity contribution is 0.625. The molecule has 1 N–H and O–H groups in total. The third-order valence-electron chi connectivity index (χ3n) is 2.61. The second-order valence-corrected chi connectivity index (χ2v) is 5.07. The summed E-state index contributed by atoms with van der Waals surface area (Å²) >= 11 is 9.35. The van der Waals surface area contributed by atoms with Gasteiger partial charge in [0.15, 0.2) is 0 Å². The monoisotopic (exact) mass is 338 g/mol. The number of rotatable bonds is 3. The number of nitriles is 1. The molecule has 0 saturated heterocycles. The zero-order valence-corrected chi connectivity index (χ0v) is 12.1. The van der Waals surface area contributed by atoms with Gasteiger partial charge in [-0.1, -0.05) is 17.7 Å². The van der Waals surface area contributed by atoms with Gasteiger partial charge in [0, 0.05) is 6.54 Å². The lowest BCUT2D eigenvalue weighted by atomic mass is 10.1. The highest BCUT2D eigenvalue weighted by Crippen LogP contribution is 2.30. The van der Waals surface area contributed by atoms with Crippen molar-refractivity contribution in [1.29, 1.82) is 5.26 Å². The Morgan fingerprint density at radius 3 is 2.84 bits per heavy atom. The van der Waals surface area contributed by atoms with E-state index in [1.54, 1.807) is 6.07 Å². The molecule has 2 rings (SSSR count). The first-order valence-corrected chi connectivity index (χ1v) is 6.65. The van der Waals surface area contributed by atoms with Gasteiger partial charge in [0.2, 0.25) is 0 Å². The average Bonchev–Trinajstić information content (AvgIpc) is 2.40. The molecular weight excluding hydrogens is 331 g/mol. The standard InChI is InChI=1S/C14H9BrClFN2/c15-14-12(16)2-1-3-13(14)19-8-10-6-11(17)5-4-9(10)7-18/h1-6,19H,8H2. The molecule has 5 heteroatoms. The van der Waals surface area contributed by atoms with Crippen LogP contribution in [-0.2, 0) is 6.54 Å². The van der Waals surface area contributed by atoms with Crippen molar-refractivity contribution in [3.05, 3.63) is 62.8 Å². The Bertz CT molecular complexity index is 652. The van der Waals surface area contributed by atoms with Gasteiger partial charge in [-0.2, -0.15) is 5.26 Å². The molecule has 96 valence electrons. The molecule has 0 aliphatic carbocycles. The summed E-state index contributed by atoms with van der Waals surface area (Å²) in [6.07, 6.45) is 0. The summed E-state index contributed by atoms with van der Waals surface area (Å²) < 4.78 is 13.9. The maximum atomic E-state index is 13.2. The van der Waals surface area contributed by atoms with Gasteiger partial charge in [-0.05, 0) is 51.8 Å². The van der Waals surface area contributed by atoms with Crippen LogP contribution in [-0.4, -0.2) is 0 Å². The molecule has 0 unspecified atom stereocenters. The van der Waals surface area contributed by atoms with E-state index in [-0.39, 0.29) is 5.82 Å². The van der Waals surface area contributed by atoms with E-state index in [9.17, 15) is 4.39 Å². The molecule has 0 atom stereocenters. The first-order valence-electron chi connectivity index (χ1n) is 5.48. The SMILES string of the molecule is N#Cc1ccc(F)cc1CNc1cccc(Cl)c1Br. The molecule has 0 radical (unpaired) electrons. The fourth-order valence-electron chi connectivity index (χ4n) is 1.65. The summed E-state index contributed by atoms with van der Waals surface area (Å²) in [6, 6.07) is 11.6. The predicted octanol–water partition coefficient (Wildman–Crippen LogP) is 4.73. The number of halogens is 3. The maximum absolute atomic E-state index is 13.2. The number of hydrogen-bond acceptors (Lipinski definition) is 2. The first-order chi connectivity index (χ1) is 9.11. The van der Waals surface area contributed by atoms with E-state index in [4.69, 9.17) is 16.9 Å². The number of hydrogen-bond donors (Lipinski definition) is 1. The molecule has 0 fully saturated rings. The number of benzene rings is 2. The van der Waals surface area contributed by atoms with Crippen molar-refractivity contribution in [2.75, 3.05) is 5.32 Å². The van der Waals surface area contributed by atoms with Crippen LogP contribution >= 0.6 is 27.5 Å². The van der Waals surface area contributed by atoms with Crippen molar-refractivity contribution in [1.82, 2.24) is 0 Å². The topological polar surface area (TPSA) is 35.8 Å². The molecule has 19 heavy (non-hydrogen) atoms. The second-order valence-electron chi connectivity index (χ2n) is 3.87. The van der Waals surface area contributed by atoms with E-state index in [0.717, 1.165) is 10.2 Å². The van der Waals surface area contributed by atoms with Crippen molar-refractivity contribution < 1.29 is 4.39 Å². The fourth-order valence-corrected chi connectivity index (χ4v) is 2.23. The van der Waals surface area contributed by atoms with Gasteiger partial charge >= 0.3 is 0 Å². The normalized spacial score (nSPS) is 10.0. The number of nitrogens with zero attached hydrogens (tertiary/aromatic N) is 1. The van der Waals surface area contributed by atoms with E-state index in [0.29, 0.717) is 22.7 Å². The molecule has 0 heterocycles. The Labute approximate surface area is 123 Å². The van der Waals surface area contributed by atoms with Crippen LogP contribution in [0.15, 0.2) is 40.9 Å². The van der Waals surface area contributed by atoms with Gasteiger partial charge in [0.1, 0.15) is 5.82 Å². The van der Waals surface area contributed by atoms with E-state index < -0.39 is 0 Å². The summed E-state index contributed by atoms with van der Waals surface area (Å²) in [5, 5.41) is 12.7. The minimum Gasteiger partial charge on any atom is -0.380 e. The van der Waals surface area contributed by atoms with E-state index in [1.165, 1.54) is 18.2 Å². The molecule has 0 amide bonds. The lowest BCUT2D eigenvalue weighted by Gasteiger charge is -2.10. The third kappa shape index (κ3) is 3.25. The smallest absolute Gasteiger partial charge is 0.123 e. The van der Waals surface area contributed by atoms with Crippen molar-refractivity contribution in [2.24, 2.45) is 0 Å². The summed E-state index contributed by atoms with van der Waals surface area (Å²) in [6.45, 7) is 0.347. The van der Waals surface area contributed by atoms with Crippen LogP contribution in [0.5, 0.6) is 0 Å². The van der Waals surface area contributed by atoms with Gasteiger partial charge in [-0.3, -0.25) is 0 Å². The summed E-state index contributed by atoms with van der Waals surface area (Å²) in [7, 11) is 0. The van der Waals surface area contributed by atoms with Crippen LogP contribution in [0.2, 0.25) is 5.02 Å². The minimum absolute atomic E-state index is 0.347. The van der Waals surface area contributed by atoms with Crippen molar-refractivity contribution in [3.8, 4) is 6.07 Å². The molecule has 0 saturated carbocycles. The van der Waals surface area contributed by atoms with Crippen LogP contribution in [0.1, 0.15) is 11.1 Å². The van der Waals surface area contributed by atoms with Gasteiger partial charge in [-0.25, -0.2) is 4.39 Å². The van der Waals surface area contributed by atoms with E-state index >= 15 is 0 Å². The van der Waals surface area contributed by atoms with Crippen LogP contribution < -0.4 is 5.32 Å². The number of anilines is 1. The van der Waals surface area contributed by atoms with Crippen molar-refractivity contribution in [3.63, 3.8) is 0 Å². The van der Waals surface area contributed by atoms with E-state index in [2.05, 4.69) is 21.2 Å². The predicted molar refractivity (Wildman–Crippen MR) is 77.6 cm³/mol. The fraction of sp³-hybridized carbons (Fsp3) is 0.0714. The average molecular weight is 340 g/mol. The zero-order chi connectivity index (χ0) is 13.8. The summed E-state index contributed by atoms with van der Waals surface area (Å²) in [5.41, 5.74) is 1.85. The Morgan fingerprint density at radius 2 is 2.11 bits per heavy atom. The highest BCUT2D eigenvalue weighted by molar-refractivity contribution is 9.10. The Balaban J connectivity index is 2.21. The van der Waals surface area contributed by atoms with Crippen molar-refractivity contribution >= 4 is 33.2 Å². The second kappa shape index (κ2) is 6.05. The van der Waals surface area contributed by atoms with Gasteiger partial charge in [0.25, 0.3) is 0 Å². The molecule has 0 aliphatic rings. The van der Waals surface area contributed by atoms with Crippen LogP contribution in [0.25, 0.3) is 0 Å². The Kier molecular flexibility index (Phi) is 4.41. The van der Waals surface area contributed by atoms with Gasteiger partial charge in [-0.15, -0.1) is 0 Å². The van der Waals surface area contributed by atoms with Crippen LogP contribution in [0.4, 0.5) is 10.1 Å². The number of nitrogens with one attached hydrogen (secondary N) is 1. The maximum Gasteiger partial charge on any atom is 0.123 e. The van der Waals surface area contributed by atoms with E-state index in [1.807, 2.05) is 18.2 Å². The van der Waals surface area contributed by atoms with Gasteiger partial charge in [0.05, 0.1) is 26.8 Å². The molecule has 2 nitrogen and oxygen atoms in total. The Morgan fingerprint density at radius 1 is 1.32 bits per heavy atom. The highest BCUT2D eigenvalue weighted by Gasteiger charge is 2.06. The third-order valence-corrected chi connectivity index (χ3v) is 4.01. The summed E-state index contributed by atoms with van der Waals surface area (Å²) in [5.74, 6) is -0.360. The summed E-state index contributed by atoms with van der Waals surface area (Å²) in [4.78, 5) is 0. The highest BCUT2D eigenvalue weighted by atomic mass is 79.9. The van der Waals surface area contributed by atoms with Crippen molar-refractivity contribution in [2.45, 2.75) is 6.54 Å². The lowest BCUT2D eigenvalue weighted by Crippen LogP contribution is -2.03. The largest absolute Gasteiger partial charge is 0.380 e. The minimum atomic E-state index is -0.360. The quantitative estimate of drug-likeness (QED) is 0.878. The molecule has 2 aromatic rings. The van der Waals surface area contributed by atoms with Crippen LogP contribution in [0, 0.1) is 17.1 Å². The first kappa shape index (κ1) is 13.9. The zero-order valence-electron chi connectivity index (χ0n) is 9.75. The molecule has 0 spiro atoms. The molecule has 0 aromatic heterocycles. The molecule has 0 aliphatic heterocycles. The van der Waals surface area contributed by atoms with Gasteiger partial charge < -0.3 is 5.32 Å². The Hall–Kier alpha value is -1.57.